The molecule has 1 fully saturated rings. The molecule has 1 saturated carbocycles. The minimum atomic E-state index is 0.151. The third-order valence-electron chi connectivity index (χ3n) is 4.43. The molecule has 0 saturated heterocycles. The van der Waals surface area contributed by atoms with Gasteiger partial charge in [0.05, 0.1) is 11.2 Å². The van der Waals surface area contributed by atoms with Gasteiger partial charge in [0.1, 0.15) is 5.01 Å². The normalized spacial score (nSPS) is 22.6. The Hall–Kier alpha value is -0.410. The molecular weight excluding hydrogens is 240 g/mol. The maximum absolute atomic E-state index is 4.99. The van der Waals surface area contributed by atoms with E-state index >= 15 is 0 Å². The number of aryl methyl sites for hydroxylation is 2. The molecule has 0 bridgehead atoms. The Morgan fingerprint density at radius 2 is 2.11 bits per heavy atom. The molecule has 1 heterocycles. The van der Waals surface area contributed by atoms with Crippen LogP contribution in [-0.4, -0.2) is 11.5 Å². The second-order valence-electron chi connectivity index (χ2n) is 6.00. The van der Waals surface area contributed by atoms with Crippen molar-refractivity contribution in [1.82, 2.24) is 10.3 Å². The summed E-state index contributed by atoms with van der Waals surface area (Å²) in [4.78, 5) is 6.56. The number of thiazole rings is 1. The van der Waals surface area contributed by atoms with E-state index in [1.54, 1.807) is 4.88 Å². The predicted molar refractivity (Wildman–Crippen MR) is 77.1 cm³/mol. The van der Waals surface area contributed by atoms with Crippen LogP contribution in [0.4, 0.5) is 0 Å². The number of hydrogen-bond donors (Lipinski definition) is 1. The van der Waals surface area contributed by atoms with E-state index in [2.05, 4.69) is 19.2 Å². The monoisotopic (exact) mass is 264 g/mol. The molecule has 3 rings (SSSR count). The number of rotatable bonds is 5. The van der Waals surface area contributed by atoms with E-state index in [1.165, 1.54) is 55.6 Å². The van der Waals surface area contributed by atoms with Crippen LogP contribution in [0.1, 0.15) is 61.5 Å². The largest absolute Gasteiger partial charge is 0.305 e. The van der Waals surface area contributed by atoms with E-state index < -0.39 is 0 Å². The van der Waals surface area contributed by atoms with Gasteiger partial charge in [0.15, 0.2) is 0 Å². The van der Waals surface area contributed by atoms with E-state index in [0.717, 1.165) is 12.5 Å². The summed E-state index contributed by atoms with van der Waals surface area (Å²) in [6.07, 6.45) is 9.11. The van der Waals surface area contributed by atoms with Crippen molar-refractivity contribution in [2.24, 2.45) is 5.92 Å². The van der Waals surface area contributed by atoms with Crippen LogP contribution in [-0.2, 0) is 18.4 Å². The summed E-state index contributed by atoms with van der Waals surface area (Å²) < 4.78 is 0. The Kier molecular flexibility index (Phi) is 3.46. The fraction of sp³-hybridized carbons (Fsp3) is 0.800. The number of hydrogen-bond acceptors (Lipinski definition) is 3. The van der Waals surface area contributed by atoms with Gasteiger partial charge in [0, 0.05) is 4.88 Å². The zero-order valence-electron chi connectivity index (χ0n) is 11.6. The summed E-state index contributed by atoms with van der Waals surface area (Å²) in [6, 6.07) is 0. The first-order chi connectivity index (χ1) is 8.74. The van der Waals surface area contributed by atoms with Gasteiger partial charge in [0.2, 0.25) is 0 Å². The summed E-state index contributed by atoms with van der Waals surface area (Å²) in [7, 11) is 0. The Labute approximate surface area is 114 Å². The molecule has 1 N–H and O–H groups in total. The molecule has 0 spiro atoms. The highest BCUT2D eigenvalue weighted by Crippen LogP contribution is 2.47. The summed E-state index contributed by atoms with van der Waals surface area (Å²) in [5.74, 6) is 0.816. The first kappa shape index (κ1) is 12.6. The molecular formula is C15H24N2S. The van der Waals surface area contributed by atoms with Crippen LogP contribution in [0, 0.1) is 5.92 Å². The van der Waals surface area contributed by atoms with Gasteiger partial charge < -0.3 is 5.32 Å². The van der Waals surface area contributed by atoms with E-state index in [1.807, 2.05) is 11.3 Å². The number of nitrogens with zero attached hydrogens (tertiary/aromatic N) is 1. The maximum atomic E-state index is 4.99. The summed E-state index contributed by atoms with van der Waals surface area (Å²) >= 11 is 1.99. The van der Waals surface area contributed by atoms with E-state index in [9.17, 15) is 0 Å². The fourth-order valence-electron chi connectivity index (χ4n) is 3.01. The van der Waals surface area contributed by atoms with Gasteiger partial charge in [-0.3, -0.25) is 0 Å². The minimum Gasteiger partial charge on any atom is -0.305 e. The SMILES string of the molecule is CCCNC(C)(c1nc2c(s1)CCCC2)C1CC1. The zero-order chi connectivity index (χ0) is 12.6. The highest BCUT2D eigenvalue weighted by atomic mass is 32.1. The van der Waals surface area contributed by atoms with Gasteiger partial charge in [-0.15, -0.1) is 11.3 Å². The van der Waals surface area contributed by atoms with Gasteiger partial charge in [-0.05, 0) is 64.3 Å². The van der Waals surface area contributed by atoms with Crippen molar-refractivity contribution in [3.05, 3.63) is 15.6 Å². The Morgan fingerprint density at radius 3 is 2.78 bits per heavy atom. The molecule has 1 unspecified atom stereocenters. The summed E-state index contributed by atoms with van der Waals surface area (Å²) in [5.41, 5.74) is 1.56. The molecule has 100 valence electrons. The average Bonchev–Trinajstić information content (AvgIpc) is 3.15. The topological polar surface area (TPSA) is 24.9 Å². The summed E-state index contributed by atoms with van der Waals surface area (Å²) in [5, 5.41) is 5.15. The molecule has 18 heavy (non-hydrogen) atoms. The zero-order valence-corrected chi connectivity index (χ0v) is 12.4. The second-order valence-corrected chi connectivity index (χ2v) is 7.08. The molecule has 1 aromatic rings. The standard InChI is InChI=1S/C15H24N2S/c1-3-10-16-15(2,11-8-9-11)14-17-12-6-4-5-7-13(12)18-14/h11,16H,3-10H2,1-2H3. The van der Waals surface area contributed by atoms with Crippen molar-refractivity contribution in [3.8, 4) is 0 Å². The van der Waals surface area contributed by atoms with Crippen LogP contribution >= 0.6 is 11.3 Å². The lowest BCUT2D eigenvalue weighted by Gasteiger charge is -2.29. The highest BCUT2D eigenvalue weighted by Gasteiger charge is 2.44. The van der Waals surface area contributed by atoms with Gasteiger partial charge >= 0.3 is 0 Å². The number of nitrogens with one attached hydrogen (secondary N) is 1. The lowest BCUT2D eigenvalue weighted by molar-refractivity contribution is 0.317. The van der Waals surface area contributed by atoms with Gasteiger partial charge in [0.25, 0.3) is 0 Å². The fourth-order valence-corrected chi connectivity index (χ4v) is 4.37. The molecule has 1 aromatic heterocycles. The quantitative estimate of drug-likeness (QED) is 0.878. The molecule has 0 radical (unpaired) electrons. The highest BCUT2D eigenvalue weighted by molar-refractivity contribution is 7.11. The molecule has 0 aromatic carbocycles. The van der Waals surface area contributed by atoms with Crippen molar-refractivity contribution < 1.29 is 0 Å². The van der Waals surface area contributed by atoms with E-state index in [4.69, 9.17) is 4.98 Å². The van der Waals surface area contributed by atoms with Crippen molar-refractivity contribution in [1.29, 1.82) is 0 Å². The van der Waals surface area contributed by atoms with Crippen LogP contribution < -0.4 is 5.32 Å². The van der Waals surface area contributed by atoms with Crippen molar-refractivity contribution in [3.63, 3.8) is 0 Å². The van der Waals surface area contributed by atoms with Gasteiger partial charge in [-0.25, -0.2) is 4.98 Å². The third-order valence-corrected chi connectivity index (χ3v) is 5.82. The molecule has 2 nitrogen and oxygen atoms in total. The van der Waals surface area contributed by atoms with Crippen LogP contribution in [0.5, 0.6) is 0 Å². The maximum Gasteiger partial charge on any atom is 0.113 e. The first-order valence-corrected chi connectivity index (χ1v) is 8.29. The summed E-state index contributed by atoms with van der Waals surface area (Å²) in [6.45, 7) is 5.73. The Balaban J connectivity index is 1.87. The van der Waals surface area contributed by atoms with E-state index in [0.29, 0.717) is 0 Å². The first-order valence-electron chi connectivity index (χ1n) is 7.48. The van der Waals surface area contributed by atoms with Crippen LogP contribution in [0.3, 0.4) is 0 Å². The lowest BCUT2D eigenvalue weighted by Crippen LogP contribution is -2.42. The van der Waals surface area contributed by atoms with Crippen LogP contribution in [0.2, 0.25) is 0 Å². The lowest BCUT2D eigenvalue weighted by atomic mass is 9.96. The van der Waals surface area contributed by atoms with Gasteiger partial charge in [-0.1, -0.05) is 6.92 Å². The van der Waals surface area contributed by atoms with Crippen molar-refractivity contribution >= 4 is 11.3 Å². The predicted octanol–water partition coefficient (Wildman–Crippen LogP) is 3.65. The molecule has 0 aliphatic heterocycles. The number of fused-ring (bicyclic) bond motifs is 1. The van der Waals surface area contributed by atoms with Gasteiger partial charge in [-0.2, -0.15) is 0 Å². The number of aromatic nitrogens is 1. The van der Waals surface area contributed by atoms with Crippen LogP contribution in [0.15, 0.2) is 0 Å². The molecule has 2 aliphatic carbocycles. The molecule has 1 atom stereocenters. The Morgan fingerprint density at radius 1 is 1.33 bits per heavy atom. The smallest absolute Gasteiger partial charge is 0.113 e. The molecule has 0 amide bonds. The average molecular weight is 264 g/mol. The van der Waals surface area contributed by atoms with E-state index in [-0.39, 0.29) is 5.54 Å². The van der Waals surface area contributed by atoms with Crippen molar-refractivity contribution in [2.75, 3.05) is 6.54 Å². The van der Waals surface area contributed by atoms with Crippen molar-refractivity contribution in [2.45, 2.75) is 64.3 Å². The third kappa shape index (κ3) is 2.23. The molecule has 2 aliphatic rings. The second kappa shape index (κ2) is 4.93. The minimum absolute atomic E-state index is 0.151. The van der Waals surface area contributed by atoms with Crippen LogP contribution in [0.25, 0.3) is 0 Å². The Bertz CT molecular complexity index is 399. The molecule has 3 heteroatoms.